The first kappa shape index (κ1) is 15.8. The van der Waals surface area contributed by atoms with Crippen LogP contribution in [0.25, 0.3) is 0 Å². The van der Waals surface area contributed by atoms with Gasteiger partial charge in [-0.05, 0) is 24.6 Å². The minimum atomic E-state index is -4.49. The molecule has 0 aliphatic heterocycles. The predicted octanol–water partition coefficient (Wildman–Crippen LogP) is 2.88. The van der Waals surface area contributed by atoms with Crippen LogP contribution in [0.2, 0.25) is 0 Å². The maximum atomic E-state index is 12.5. The molecule has 7 heteroatoms. The first-order valence-corrected chi connectivity index (χ1v) is 5.80. The van der Waals surface area contributed by atoms with Crippen LogP contribution in [0.5, 0.6) is 0 Å². The van der Waals surface area contributed by atoms with Gasteiger partial charge >= 0.3 is 12.1 Å². The van der Waals surface area contributed by atoms with Gasteiger partial charge in [0.2, 0.25) is 0 Å². The first-order valence-electron chi connectivity index (χ1n) is 5.80. The van der Waals surface area contributed by atoms with Crippen LogP contribution in [0.1, 0.15) is 24.0 Å². The third-order valence-corrected chi connectivity index (χ3v) is 2.74. The van der Waals surface area contributed by atoms with Gasteiger partial charge in [0, 0.05) is 20.0 Å². The fourth-order valence-corrected chi connectivity index (χ4v) is 1.72. The SMILES string of the molecule is CN(CCCC(=O)O)c1ccc(C(F)(F)F)cc1C#N. The second-order valence-electron chi connectivity index (χ2n) is 4.26. The zero-order valence-electron chi connectivity index (χ0n) is 10.7. The van der Waals surface area contributed by atoms with Gasteiger partial charge in [0.15, 0.2) is 0 Å². The molecule has 0 unspecified atom stereocenters. The smallest absolute Gasteiger partial charge is 0.416 e. The Labute approximate surface area is 114 Å². The molecule has 20 heavy (non-hydrogen) atoms. The summed E-state index contributed by atoms with van der Waals surface area (Å²) < 4.78 is 37.6. The van der Waals surface area contributed by atoms with Crippen LogP contribution >= 0.6 is 0 Å². The Bertz CT molecular complexity index is 535. The third kappa shape index (κ3) is 4.16. The van der Waals surface area contributed by atoms with Gasteiger partial charge in [0.1, 0.15) is 6.07 Å². The molecule has 0 aromatic heterocycles. The van der Waals surface area contributed by atoms with E-state index in [0.29, 0.717) is 18.7 Å². The fourth-order valence-electron chi connectivity index (χ4n) is 1.72. The highest BCUT2D eigenvalue weighted by Gasteiger charge is 2.31. The topological polar surface area (TPSA) is 64.3 Å². The summed E-state index contributed by atoms with van der Waals surface area (Å²) in [5.41, 5.74) is -0.611. The van der Waals surface area contributed by atoms with Crippen LogP contribution in [0, 0.1) is 11.3 Å². The molecule has 1 rings (SSSR count). The number of halogens is 3. The van der Waals surface area contributed by atoms with E-state index >= 15 is 0 Å². The van der Waals surface area contributed by atoms with Crippen LogP contribution in [0.4, 0.5) is 18.9 Å². The molecule has 0 fully saturated rings. The second kappa shape index (κ2) is 6.28. The molecule has 0 atom stereocenters. The average Bonchev–Trinajstić information content (AvgIpc) is 2.36. The fraction of sp³-hybridized carbons (Fsp3) is 0.385. The Kier molecular flexibility index (Phi) is 4.97. The number of aliphatic carboxylic acids is 1. The molecular weight excluding hydrogens is 273 g/mol. The highest BCUT2D eigenvalue weighted by molar-refractivity contribution is 5.66. The molecule has 0 aliphatic rings. The zero-order valence-corrected chi connectivity index (χ0v) is 10.7. The lowest BCUT2D eigenvalue weighted by Crippen LogP contribution is -2.20. The van der Waals surface area contributed by atoms with Crippen LogP contribution in [0.15, 0.2) is 18.2 Å². The molecule has 1 aromatic carbocycles. The van der Waals surface area contributed by atoms with Gasteiger partial charge in [-0.15, -0.1) is 0 Å². The molecule has 0 radical (unpaired) electrons. The van der Waals surface area contributed by atoms with Crippen molar-refractivity contribution in [2.45, 2.75) is 19.0 Å². The molecule has 0 aliphatic carbocycles. The van der Waals surface area contributed by atoms with Gasteiger partial charge < -0.3 is 10.0 Å². The van der Waals surface area contributed by atoms with E-state index in [4.69, 9.17) is 10.4 Å². The average molecular weight is 286 g/mol. The highest BCUT2D eigenvalue weighted by Crippen LogP contribution is 2.32. The Morgan fingerprint density at radius 1 is 1.45 bits per heavy atom. The number of alkyl halides is 3. The molecule has 0 bridgehead atoms. The second-order valence-corrected chi connectivity index (χ2v) is 4.26. The van der Waals surface area contributed by atoms with E-state index in [9.17, 15) is 18.0 Å². The number of carbonyl (C=O) groups is 1. The van der Waals surface area contributed by atoms with E-state index in [0.717, 1.165) is 12.1 Å². The van der Waals surface area contributed by atoms with Gasteiger partial charge in [-0.2, -0.15) is 18.4 Å². The maximum Gasteiger partial charge on any atom is 0.416 e. The molecule has 1 N–H and O–H groups in total. The third-order valence-electron chi connectivity index (χ3n) is 2.74. The van der Waals surface area contributed by atoms with E-state index in [1.54, 1.807) is 18.0 Å². The molecular formula is C13H13F3N2O2. The normalized spacial score (nSPS) is 10.9. The molecule has 0 heterocycles. The highest BCUT2D eigenvalue weighted by atomic mass is 19.4. The van der Waals surface area contributed by atoms with Crippen LogP contribution in [-0.4, -0.2) is 24.7 Å². The number of carboxylic acids is 1. The lowest BCUT2D eigenvalue weighted by molar-refractivity contribution is -0.138. The van der Waals surface area contributed by atoms with Gasteiger partial charge in [-0.1, -0.05) is 0 Å². The number of nitriles is 1. The maximum absolute atomic E-state index is 12.5. The standard InChI is InChI=1S/C13H13F3N2O2/c1-18(6-2-3-12(19)20)11-5-4-10(13(14,15)16)7-9(11)8-17/h4-5,7H,2-3,6H2,1H3,(H,19,20). The predicted molar refractivity (Wildman–Crippen MR) is 66.3 cm³/mol. The van der Waals surface area contributed by atoms with Crippen LogP contribution in [0.3, 0.4) is 0 Å². The molecule has 108 valence electrons. The van der Waals surface area contributed by atoms with E-state index in [2.05, 4.69) is 0 Å². The minimum absolute atomic E-state index is 0.0349. The number of hydrogen-bond donors (Lipinski definition) is 1. The van der Waals surface area contributed by atoms with Gasteiger partial charge in [0.25, 0.3) is 0 Å². The van der Waals surface area contributed by atoms with Crippen molar-refractivity contribution in [3.05, 3.63) is 29.3 Å². The Hall–Kier alpha value is -2.23. The van der Waals surface area contributed by atoms with Crippen molar-refractivity contribution >= 4 is 11.7 Å². The number of anilines is 1. The largest absolute Gasteiger partial charge is 0.481 e. The molecule has 0 saturated heterocycles. The number of carboxylic acid groups (broad SMARTS) is 1. The number of nitrogens with zero attached hydrogens (tertiary/aromatic N) is 2. The van der Waals surface area contributed by atoms with Crippen molar-refractivity contribution in [2.75, 3.05) is 18.5 Å². The monoisotopic (exact) mass is 286 g/mol. The summed E-state index contributed by atoms with van der Waals surface area (Å²) in [5.74, 6) is -0.939. The van der Waals surface area contributed by atoms with Crippen molar-refractivity contribution in [2.24, 2.45) is 0 Å². The van der Waals surface area contributed by atoms with Gasteiger partial charge in [-0.25, -0.2) is 0 Å². The molecule has 4 nitrogen and oxygen atoms in total. The summed E-state index contributed by atoms with van der Waals surface area (Å²) in [7, 11) is 1.60. The Balaban J connectivity index is 2.90. The summed E-state index contributed by atoms with van der Waals surface area (Å²) in [4.78, 5) is 12.0. The summed E-state index contributed by atoms with van der Waals surface area (Å²) in [5, 5.41) is 17.5. The molecule has 0 spiro atoms. The Morgan fingerprint density at radius 2 is 2.10 bits per heavy atom. The number of hydrogen-bond acceptors (Lipinski definition) is 3. The van der Waals surface area contributed by atoms with Crippen molar-refractivity contribution in [1.29, 1.82) is 5.26 Å². The quantitative estimate of drug-likeness (QED) is 0.904. The van der Waals surface area contributed by atoms with Gasteiger partial charge in [-0.3, -0.25) is 4.79 Å². The summed E-state index contributed by atoms with van der Waals surface area (Å²) in [6, 6.07) is 4.66. The van der Waals surface area contributed by atoms with Crippen LogP contribution < -0.4 is 4.90 Å². The van der Waals surface area contributed by atoms with Crippen molar-refractivity contribution in [3.8, 4) is 6.07 Å². The van der Waals surface area contributed by atoms with Gasteiger partial charge in [0.05, 0.1) is 16.8 Å². The van der Waals surface area contributed by atoms with E-state index in [1.165, 1.54) is 6.07 Å². The Morgan fingerprint density at radius 3 is 2.60 bits per heavy atom. The summed E-state index contributed by atoms with van der Waals surface area (Å²) >= 11 is 0. The number of rotatable bonds is 5. The molecule has 0 saturated carbocycles. The number of benzene rings is 1. The van der Waals surface area contributed by atoms with Crippen molar-refractivity contribution in [1.82, 2.24) is 0 Å². The minimum Gasteiger partial charge on any atom is -0.481 e. The van der Waals surface area contributed by atoms with E-state index in [1.807, 2.05) is 0 Å². The van der Waals surface area contributed by atoms with E-state index < -0.39 is 17.7 Å². The summed E-state index contributed by atoms with van der Waals surface area (Å²) in [6.45, 7) is 0.340. The molecule has 0 amide bonds. The van der Waals surface area contributed by atoms with Crippen molar-refractivity contribution < 1.29 is 23.1 Å². The van der Waals surface area contributed by atoms with E-state index in [-0.39, 0.29) is 12.0 Å². The van der Waals surface area contributed by atoms with Crippen molar-refractivity contribution in [3.63, 3.8) is 0 Å². The lowest BCUT2D eigenvalue weighted by atomic mass is 10.1. The zero-order chi connectivity index (χ0) is 15.3. The summed E-state index contributed by atoms with van der Waals surface area (Å²) in [6.07, 6.45) is -4.18. The molecule has 1 aromatic rings. The van der Waals surface area contributed by atoms with Crippen LogP contribution in [-0.2, 0) is 11.0 Å². The lowest BCUT2D eigenvalue weighted by Gasteiger charge is -2.21. The first-order chi connectivity index (χ1) is 9.25.